The van der Waals surface area contributed by atoms with Gasteiger partial charge >= 0.3 is 0 Å². The lowest BCUT2D eigenvalue weighted by Crippen LogP contribution is -1.95. The van der Waals surface area contributed by atoms with Crippen LogP contribution in [0.4, 0.5) is 0 Å². The number of hydrogen-bond donors (Lipinski definition) is 1. The monoisotopic (exact) mass is 339 g/mol. The van der Waals surface area contributed by atoms with Crippen LogP contribution in [0.1, 0.15) is 11.1 Å². The van der Waals surface area contributed by atoms with Crippen LogP contribution >= 0.6 is 23.8 Å². The van der Waals surface area contributed by atoms with Crippen molar-refractivity contribution in [2.45, 2.75) is 0 Å². The minimum atomic E-state index is 0.366. The number of benzene rings is 2. The highest BCUT2D eigenvalue weighted by Crippen LogP contribution is 2.25. The Morgan fingerprint density at radius 3 is 2.65 bits per heavy atom. The Morgan fingerprint density at radius 2 is 1.96 bits per heavy atom. The van der Waals surface area contributed by atoms with Gasteiger partial charge in [-0.3, -0.25) is 0 Å². The summed E-state index contributed by atoms with van der Waals surface area (Å²) in [6.07, 6.45) is 1.65. The molecule has 0 amide bonds. The fourth-order valence-electron chi connectivity index (χ4n) is 1.98. The Kier molecular flexibility index (Phi) is 4.33. The molecule has 112 valence electrons. The first-order valence-corrected chi connectivity index (χ1v) is 7.44. The van der Waals surface area contributed by atoms with Crippen molar-refractivity contribution in [3.63, 3.8) is 0 Å². The van der Waals surface area contributed by atoms with Gasteiger partial charge in [0, 0.05) is 5.56 Å². The summed E-state index contributed by atoms with van der Waals surface area (Å²) in [5.41, 5.74) is 2.18. The molecule has 0 unspecified atom stereocenters. The second-order valence-electron chi connectivity index (χ2n) is 4.62. The quantitative estimate of drug-likeness (QED) is 0.579. The average molecular weight is 340 g/mol. The second-order valence-corrected chi connectivity index (χ2v) is 5.42. The standard InChI is InChI=1S/C16H10ClN5S/c17-14-4-2-1-3-13(14)15-20-21-16(23)22(15)19-10-12-7-5-11(9-18)6-8-12/h1-8,10H,(H,21,23)/b19-10-. The molecule has 7 heteroatoms. The maximum atomic E-state index is 8.81. The van der Waals surface area contributed by atoms with Crippen molar-refractivity contribution in [1.29, 1.82) is 5.26 Å². The number of nitriles is 1. The van der Waals surface area contributed by atoms with E-state index in [0.717, 1.165) is 11.1 Å². The van der Waals surface area contributed by atoms with Crippen LogP contribution in [0.2, 0.25) is 5.02 Å². The number of nitrogens with one attached hydrogen (secondary N) is 1. The Morgan fingerprint density at radius 1 is 1.22 bits per heavy atom. The van der Waals surface area contributed by atoms with Gasteiger partial charge in [-0.15, -0.1) is 0 Å². The van der Waals surface area contributed by atoms with E-state index in [-0.39, 0.29) is 0 Å². The average Bonchev–Trinajstić information content (AvgIpc) is 2.94. The molecule has 0 spiro atoms. The summed E-state index contributed by atoms with van der Waals surface area (Å²) in [5.74, 6) is 0.533. The van der Waals surface area contributed by atoms with Gasteiger partial charge in [-0.2, -0.15) is 20.1 Å². The van der Waals surface area contributed by atoms with Gasteiger partial charge in [0.05, 0.1) is 22.9 Å². The molecule has 0 fully saturated rings. The van der Waals surface area contributed by atoms with E-state index in [1.807, 2.05) is 18.2 Å². The Labute approximate surface area is 142 Å². The van der Waals surface area contributed by atoms with Gasteiger partial charge in [0.1, 0.15) is 0 Å². The van der Waals surface area contributed by atoms with Gasteiger partial charge in [-0.1, -0.05) is 35.9 Å². The third-order valence-corrected chi connectivity index (χ3v) is 3.72. The Bertz CT molecular complexity index is 963. The lowest BCUT2D eigenvalue weighted by Gasteiger charge is -2.03. The number of nitrogens with zero attached hydrogens (tertiary/aromatic N) is 4. The normalized spacial score (nSPS) is 10.8. The summed E-state index contributed by atoms with van der Waals surface area (Å²) in [6, 6.07) is 16.5. The Balaban J connectivity index is 1.99. The molecule has 0 saturated heterocycles. The highest BCUT2D eigenvalue weighted by molar-refractivity contribution is 7.71. The zero-order valence-electron chi connectivity index (χ0n) is 11.8. The maximum Gasteiger partial charge on any atom is 0.216 e. The fourth-order valence-corrected chi connectivity index (χ4v) is 2.38. The summed E-state index contributed by atoms with van der Waals surface area (Å²) in [4.78, 5) is 0. The molecule has 23 heavy (non-hydrogen) atoms. The number of halogens is 1. The molecule has 3 rings (SSSR count). The van der Waals surface area contributed by atoms with Gasteiger partial charge in [0.25, 0.3) is 0 Å². The van der Waals surface area contributed by atoms with Gasteiger partial charge in [0.15, 0.2) is 5.82 Å². The molecular weight excluding hydrogens is 330 g/mol. The zero-order chi connectivity index (χ0) is 16.2. The molecule has 0 aliphatic carbocycles. The van der Waals surface area contributed by atoms with Crippen LogP contribution in [-0.4, -0.2) is 21.1 Å². The molecule has 2 aromatic carbocycles. The fraction of sp³-hybridized carbons (Fsp3) is 0. The van der Waals surface area contributed by atoms with E-state index >= 15 is 0 Å². The van der Waals surface area contributed by atoms with Gasteiger partial charge in [0.2, 0.25) is 4.77 Å². The first-order chi connectivity index (χ1) is 11.2. The van der Waals surface area contributed by atoms with E-state index in [9.17, 15) is 0 Å². The van der Waals surface area contributed by atoms with Crippen molar-refractivity contribution in [3.05, 3.63) is 69.5 Å². The summed E-state index contributed by atoms with van der Waals surface area (Å²) >= 11 is 11.4. The van der Waals surface area contributed by atoms with Crippen molar-refractivity contribution in [1.82, 2.24) is 14.9 Å². The first-order valence-electron chi connectivity index (χ1n) is 6.66. The van der Waals surface area contributed by atoms with Crippen LogP contribution in [0.3, 0.4) is 0 Å². The van der Waals surface area contributed by atoms with Crippen LogP contribution in [0.25, 0.3) is 11.4 Å². The largest absolute Gasteiger partial charge is 0.250 e. The number of H-pyrrole nitrogens is 1. The van der Waals surface area contributed by atoms with Crippen LogP contribution in [0, 0.1) is 16.1 Å². The minimum Gasteiger partial charge on any atom is -0.250 e. The maximum absolute atomic E-state index is 8.81. The van der Waals surface area contributed by atoms with E-state index in [0.29, 0.717) is 21.2 Å². The van der Waals surface area contributed by atoms with Gasteiger partial charge in [-0.05, 0) is 42.0 Å². The van der Waals surface area contributed by atoms with Crippen LogP contribution in [0.5, 0.6) is 0 Å². The van der Waals surface area contributed by atoms with Gasteiger partial charge in [-0.25, -0.2) is 5.10 Å². The van der Waals surface area contributed by atoms with Crippen LogP contribution in [-0.2, 0) is 0 Å². The SMILES string of the molecule is N#Cc1ccc(/C=N\n2c(-c3ccccc3Cl)n[nH]c2=S)cc1. The van der Waals surface area contributed by atoms with E-state index in [4.69, 9.17) is 29.1 Å². The van der Waals surface area contributed by atoms with Crippen LogP contribution < -0.4 is 0 Å². The first kappa shape index (κ1) is 15.2. The molecular formula is C16H10ClN5S. The molecule has 0 aliphatic rings. The molecule has 0 bridgehead atoms. The van der Waals surface area contributed by atoms with Crippen molar-refractivity contribution < 1.29 is 0 Å². The molecule has 1 heterocycles. The van der Waals surface area contributed by atoms with Gasteiger partial charge < -0.3 is 0 Å². The zero-order valence-corrected chi connectivity index (χ0v) is 13.3. The van der Waals surface area contributed by atoms with E-state index in [1.165, 1.54) is 4.68 Å². The summed E-state index contributed by atoms with van der Waals surface area (Å²) in [6.45, 7) is 0. The van der Waals surface area contributed by atoms with E-state index < -0.39 is 0 Å². The van der Waals surface area contributed by atoms with Crippen LogP contribution in [0.15, 0.2) is 53.6 Å². The number of hydrogen-bond acceptors (Lipinski definition) is 4. The van der Waals surface area contributed by atoms with Crippen molar-refractivity contribution in [3.8, 4) is 17.5 Å². The molecule has 1 N–H and O–H groups in total. The molecule has 0 atom stereocenters. The van der Waals surface area contributed by atoms with E-state index in [2.05, 4.69) is 21.4 Å². The topological polar surface area (TPSA) is 69.8 Å². The van der Waals surface area contributed by atoms with Crippen molar-refractivity contribution >= 4 is 30.0 Å². The molecule has 3 aromatic rings. The molecule has 5 nitrogen and oxygen atoms in total. The summed E-state index contributed by atoms with van der Waals surface area (Å²) in [7, 11) is 0. The summed E-state index contributed by atoms with van der Waals surface area (Å²) in [5, 5.41) is 20.6. The lowest BCUT2D eigenvalue weighted by molar-refractivity contribution is 0.871. The minimum absolute atomic E-state index is 0.366. The molecule has 0 aliphatic heterocycles. The third kappa shape index (κ3) is 3.21. The smallest absolute Gasteiger partial charge is 0.216 e. The summed E-state index contributed by atoms with van der Waals surface area (Å²) < 4.78 is 1.87. The highest BCUT2D eigenvalue weighted by Gasteiger charge is 2.11. The van der Waals surface area contributed by atoms with Crippen molar-refractivity contribution in [2.24, 2.45) is 5.10 Å². The number of aromatic nitrogens is 3. The highest BCUT2D eigenvalue weighted by atomic mass is 35.5. The lowest BCUT2D eigenvalue weighted by atomic mass is 10.2. The Hall–Kier alpha value is -2.75. The predicted molar refractivity (Wildman–Crippen MR) is 92.0 cm³/mol. The third-order valence-electron chi connectivity index (χ3n) is 3.13. The van der Waals surface area contributed by atoms with E-state index in [1.54, 1.807) is 36.5 Å². The second kappa shape index (κ2) is 6.57. The molecule has 0 saturated carbocycles. The predicted octanol–water partition coefficient (Wildman–Crippen LogP) is 4.01. The number of aromatic amines is 1. The molecule has 1 aromatic heterocycles. The number of rotatable bonds is 3. The van der Waals surface area contributed by atoms with Crippen molar-refractivity contribution in [2.75, 3.05) is 0 Å². The molecule has 0 radical (unpaired) electrons.